The third-order valence-corrected chi connectivity index (χ3v) is 4.96. The van der Waals surface area contributed by atoms with Crippen molar-refractivity contribution >= 4 is 22.7 Å². The second-order valence-electron chi connectivity index (χ2n) is 7.01. The van der Waals surface area contributed by atoms with E-state index in [0.717, 1.165) is 17.4 Å². The van der Waals surface area contributed by atoms with Crippen molar-refractivity contribution in [2.75, 3.05) is 27.9 Å². The van der Waals surface area contributed by atoms with Crippen LogP contribution in [0.25, 0.3) is 10.9 Å². The van der Waals surface area contributed by atoms with Crippen molar-refractivity contribution < 1.29 is 23.8 Å². The summed E-state index contributed by atoms with van der Waals surface area (Å²) in [6, 6.07) is 12.6. The lowest BCUT2D eigenvalue weighted by atomic mass is 10.1. The SMILES string of the molecule is COc1cc2cc(C(=O)N[C@H](C)C(=O)NCCc3ccccc3)[nH]c2c(OC)c1OC. The Balaban J connectivity index is 1.67. The molecule has 3 aromatic rings. The van der Waals surface area contributed by atoms with Gasteiger partial charge >= 0.3 is 0 Å². The Morgan fingerprint density at radius 3 is 2.35 bits per heavy atom. The molecule has 0 saturated heterocycles. The summed E-state index contributed by atoms with van der Waals surface area (Å²) in [6.07, 6.45) is 0.721. The van der Waals surface area contributed by atoms with E-state index in [1.165, 1.54) is 21.3 Å². The standard InChI is InChI=1S/C23H27N3O5/c1-14(22(27)24-11-10-15-8-6-5-7-9-15)25-23(28)17-12-16-13-18(29-2)20(30-3)21(31-4)19(16)26-17/h5-9,12-14,26H,10-11H2,1-4H3,(H,24,27)(H,25,28)/t14-/m1/s1. The molecule has 0 bridgehead atoms. The van der Waals surface area contributed by atoms with Crippen molar-refractivity contribution in [2.45, 2.75) is 19.4 Å². The number of fused-ring (bicyclic) bond motifs is 1. The monoisotopic (exact) mass is 425 g/mol. The summed E-state index contributed by atoms with van der Waals surface area (Å²) >= 11 is 0. The Bertz CT molecular complexity index is 1060. The van der Waals surface area contributed by atoms with Crippen LogP contribution in [0.1, 0.15) is 23.0 Å². The van der Waals surface area contributed by atoms with Gasteiger partial charge in [-0.05, 0) is 31.0 Å². The fourth-order valence-electron chi connectivity index (χ4n) is 3.33. The van der Waals surface area contributed by atoms with Gasteiger partial charge in [0.2, 0.25) is 11.7 Å². The molecule has 2 amide bonds. The summed E-state index contributed by atoms with van der Waals surface area (Å²) in [5, 5.41) is 6.28. The third kappa shape index (κ3) is 4.91. The molecule has 1 atom stereocenters. The van der Waals surface area contributed by atoms with Crippen LogP contribution >= 0.6 is 0 Å². The van der Waals surface area contributed by atoms with Crippen LogP contribution in [0.2, 0.25) is 0 Å². The molecular weight excluding hydrogens is 398 g/mol. The molecule has 0 aliphatic rings. The number of nitrogens with one attached hydrogen (secondary N) is 3. The third-order valence-electron chi connectivity index (χ3n) is 4.96. The van der Waals surface area contributed by atoms with Crippen LogP contribution in [0, 0.1) is 0 Å². The van der Waals surface area contributed by atoms with Crippen molar-refractivity contribution in [3.63, 3.8) is 0 Å². The molecule has 0 spiro atoms. The molecule has 164 valence electrons. The molecule has 3 rings (SSSR count). The topological polar surface area (TPSA) is 102 Å². The van der Waals surface area contributed by atoms with Gasteiger partial charge in [-0.1, -0.05) is 30.3 Å². The number of carbonyl (C=O) groups excluding carboxylic acids is 2. The normalized spacial score (nSPS) is 11.6. The van der Waals surface area contributed by atoms with E-state index in [0.29, 0.717) is 35.0 Å². The largest absolute Gasteiger partial charge is 0.493 e. The van der Waals surface area contributed by atoms with Crippen LogP contribution in [0.15, 0.2) is 42.5 Å². The number of hydrogen-bond acceptors (Lipinski definition) is 5. The van der Waals surface area contributed by atoms with Crippen LogP contribution in [0.4, 0.5) is 0 Å². The summed E-state index contributed by atoms with van der Waals surface area (Å²) < 4.78 is 16.2. The predicted octanol–water partition coefficient (Wildman–Crippen LogP) is 2.67. The van der Waals surface area contributed by atoms with E-state index in [4.69, 9.17) is 14.2 Å². The zero-order valence-electron chi connectivity index (χ0n) is 18.1. The molecule has 1 aromatic heterocycles. The summed E-state index contributed by atoms with van der Waals surface area (Å²) in [4.78, 5) is 28.1. The van der Waals surface area contributed by atoms with Crippen molar-refractivity contribution in [2.24, 2.45) is 0 Å². The zero-order chi connectivity index (χ0) is 22.4. The van der Waals surface area contributed by atoms with Gasteiger partial charge in [-0.25, -0.2) is 0 Å². The Morgan fingerprint density at radius 1 is 1.00 bits per heavy atom. The van der Waals surface area contributed by atoms with E-state index in [9.17, 15) is 9.59 Å². The lowest BCUT2D eigenvalue weighted by molar-refractivity contribution is -0.122. The first kappa shape index (κ1) is 22.0. The number of aromatic nitrogens is 1. The highest BCUT2D eigenvalue weighted by molar-refractivity contribution is 6.02. The molecule has 0 unspecified atom stereocenters. The summed E-state index contributed by atoms with van der Waals surface area (Å²) in [5.74, 6) is 0.701. The predicted molar refractivity (Wildman–Crippen MR) is 118 cm³/mol. The maximum absolute atomic E-state index is 12.7. The molecule has 0 saturated carbocycles. The molecule has 1 heterocycles. The van der Waals surface area contributed by atoms with E-state index in [1.54, 1.807) is 19.1 Å². The van der Waals surface area contributed by atoms with Crippen LogP contribution in [-0.4, -0.2) is 50.7 Å². The maximum atomic E-state index is 12.7. The lowest BCUT2D eigenvalue weighted by Gasteiger charge is -2.14. The highest BCUT2D eigenvalue weighted by Gasteiger charge is 2.22. The average molecular weight is 425 g/mol. The Hall–Kier alpha value is -3.68. The molecule has 0 fully saturated rings. The minimum atomic E-state index is -0.694. The average Bonchev–Trinajstić information content (AvgIpc) is 3.22. The fourth-order valence-corrected chi connectivity index (χ4v) is 3.33. The van der Waals surface area contributed by atoms with E-state index in [2.05, 4.69) is 15.6 Å². The van der Waals surface area contributed by atoms with Gasteiger partial charge in [0, 0.05) is 11.9 Å². The number of ether oxygens (including phenoxy) is 3. The van der Waals surface area contributed by atoms with Gasteiger partial charge in [0.25, 0.3) is 5.91 Å². The number of H-pyrrole nitrogens is 1. The maximum Gasteiger partial charge on any atom is 0.268 e. The molecule has 0 aliphatic heterocycles. The van der Waals surface area contributed by atoms with Gasteiger partial charge in [0.15, 0.2) is 11.5 Å². The van der Waals surface area contributed by atoms with Crippen molar-refractivity contribution in [1.29, 1.82) is 0 Å². The number of benzene rings is 2. The molecule has 0 aliphatic carbocycles. The second kappa shape index (κ2) is 9.88. The Kier molecular flexibility index (Phi) is 7.02. The summed E-state index contributed by atoms with van der Waals surface area (Å²) in [7, 11) is 4.56. The Morgan fingerprint density at radius 2 is 1.71 bits per heavy atom. The highest BCUT2D eigenvalue weighted by atomic mass is 16.5. The first-order valence-electron chi connectivity index (χ1n) is 9.92. The fraction of sp³-hybridized carbons (Fsp3) is 0.304. The number of hydrogen-bond donors (Lipinski definition) is 3. The van der Waals surface area contributed by atoms with Gasteiger partial charge in [0.1, 0.15) is 11.7 Å². The minimum Gasteiger partial charge on any atom is -0.493 e. The van der Waals surface area contributed by atoms with E-state index >= 15 is 0 Å². The van der Waals surface area contributed by atoms with Crippen molar-refractivity contribution in [1.82, 2.24) is 15.6 Å². The number of carbonyl (C=O) groups is 2. The van der Waals surface area contributed by atoms with Crippen molar-refractivity contribution in [3.8, 4) is 17.2 Å². The van der Waals surface area contributed by atoms with Gasteiger partial charge < -0.3 is 29.8 Å². The van der Waals surface area contributed by atoms with Gasteiger partial charge in [-0.3, -0.25) is 9.59 Å². The lowest BCUT2D eigenvalue weighted by Crippen LogP contribution is -2.45. The quantitative estimate of drug-likeness (QED) is 0.489. The molecule has 3 N–H and O–H groups in total. The first-order valence-corrected chi connectivity index (χ1v) is 9.92. The highest BCUT2D eigenvalue weighted by Crippen LogP contribution is 2.43. The van der Waals surface area contributed by atoms with Gasteiger partial charge in [-0.2, -0.15) is 0 Å². The Labute approximate surface area is 180 Å². The number of methoxy groups -OCH3 is 3. The van der Waals surface area contributed by atoms with Gasteiger partial charge in [0.05, 0.1) is 26.8 Å². The number of rotatable bonds is 9. The van der Waals surface area contributed by atoms with Crippen LogP contribution in [0.3, 0.4) is 0 Å². The van der Waals surface area contributed by atoms with Crippen LogP contribution < -0.4 is 24.8 Å². The van der Waals surface area contributed by atoms with E-state index < -0.39 is 11.9 Å². The van der Waals surface area contributed by atoms with E-state index in [1.807, 2.05) is 30.3 Å². The molecule has 8 nitrogen and oxygen atoms in total. The van der Waals surface area contributed by atoms with Gasteiger partial charge in [-0.15, -0.1) is 0 Å². The van der Waals surface area contributed by atoms with E-state index in [-0.39, 0.29) is 5.91 Å². The minimum absolute atomic E-state index is 0.249. The second-order valence-corrected chi connectivity index (χ2v) is 7.01. The molecule has 8 heteroatoms. The number of amides is 2. The van der Waals surface area contributed by atoms with Crippen LogP contribution in [0.5, 0.6) is 17.2 Å². The first-order chi connectivity index (χ1) is 15.0. The smallest absolute Gasteiger partial charge is 0.268 e. The van der Waals surface area contributed by atoms with Crippen LogP contribution in [-0.2, 0) is 11.2 Å². The molecule has 0 radical (unpaired) electrons. The summed E-state index contributed by atoms with van der Waals surface area (Å²) in [6.45, 7) is 2.14. The summed E-state index contributed by atoms with van der Waals surface area (Å²) in [5.41, 5.74) is 2.04. The number of aromatic amines is 1. The zero-order valence-corrected chi connectivity index (χ0v) is 18.1. The molecule has 2 aromatic carbocycles. The molecular formula is C23H27N3O5. The molecule has 31 heavy (non-hydrogen) atoms. The van der Waals surface area contributed by atoms with Crippen molar-refractivity contribution in [3.05, 3.63) is 53.7 Å².